The van der Waals surface area contributed by atoms with Crippen molar-refractivity contribution in [3.05, 3.63) is 53.6 Å². The highest BCUT2D eigenvalue weighted by molar-refractivity contribution is 5.28. The van der Waals surface area contributed by atoms with Gasteiger partial charge in [0.1, 0.15) is 5.82 Å². The summed E-state index contributed by atoms with van der Waals surface area (Å²) in [7, 11) is 0. The lowest BCUT2D eigenvalue weighted by Gasteiger charge is -2.23. The Morgan fingerprint density at radius 1 is 1.18 bits per heavy atom. The number of rotatable bonds is 5. The van der Waals surface area contributed by atoms with Gasteiger partial charge in [-0.1, -0.05) is 24.3 Å². The van der Waals surface area contributed by atoms with Crippen molar-refractivity contribution in [2.24, 2.45) is 0 Å². The second-order valence-electron chi connectivity index (χ2n) is 5.73. The van der Waals surface area contributed by atoms with E-state index in [0.29, 0.717) is 12.5 Å². The molecule has 0 amide bonds. The molecular weight excluding hydrogens is 274 g/mol. The third-order valence-electron chi connectivity index (χ3n) is 4.10. The fourth-order valence-electron chi connectivity index (χ4n) is 2.90. The van der Waals surface area contributed by atoms with E-state index >= 15 is 0 Å². The Balaban J connectivity index is 1.62. The van der Waals surface area contributed by atoms with Gasteiger partial charge in [0.05, 0.1) is 19.0 Å². The maximum atomic E-state index is 5.36. The van der Waals surface area contributed by atoms with Crippen molar-refractivity contribution in [3.8, 4) is 5.75 Å². The fraction of sp³-hybridized carbons (Fsp3) is 0.444. The van der Waals surface area contributed by atoms with Crippen LogP contribution in [0.5, 0.6) is 5.75 Å². The highest BCUT2D eigenvalue weighted by Gasteiger charge is 2.14. The van der Waals surface area contributed by atoms with Gasteiger partial charge >= 0.3 is 0 Å². The van der Waals surface area contributed by atoms with E-state index in [0.717, 1.165) is 31.1 Å². The molecule has 1 saturated heterocycles. The normalized spacial score (nSPS) is 18.1. The zero-order chi connectivity index (χ0) is 15.2. The van der Waals surface area contributed by atoms with Gasteiger partial charge in [-0.2, -0.15) is 0 Å². The van der Waals surface area contributed by atoms with Crippen LogP contribution in [0.25, 0.3) is 0 Å². The Morgan fingerprint density at radius 3 is 2.59 bits per heavy atom. The summed E-state index contributed by atoms with van der Waals surface area (Å²) in [6.45, 7) is 4.85. The minimum Gasteiger partial charge on any atom is -0.491 e. The Hall–Kier alpha value is -1.94. The van der Waals surface area contributed by atoms with Crippen LogP contribution >= 0.6 is 0 Å². The minimum absolute atomic E-state index is 0.639. The minimum atomic E-state index is 0.639. The molecule has 1 fully saturated rings. The number of benzene rings is 1. The Kier molecular flexibility index (Phi) is 5.01. The predicted molar refractivity (Wildman–Crippen MR) is 87.3 cm³/mol. The van der Waals surface area contributed by atoms with E-state index in [-0.39, 0.29) is 0 Å². The molecule has 4 nitrogen and oxygen atoms in total. The Morgan fingerprint density at radius 2 is 1.95 bits per heavy atom. The quantitative estimate of drug-likeness (QED) is 0.922. The number of piperidine rings is 1. The van der Waals surface area contributed by atoms with Crippen LogP contribution in [-0.2, 0) is 6.42 Å². The number of hydrogen-bond donors (Lipinski definition) is 1. The first-order chi connectivity index (χ1) is 10.8. The molecule has 116 valence electrons. The number of ether oxygens (including phenoxy) is 1. The Bertz CT molecular complexity index is 574. The van der Waals surface area contributed by atoms with E-state index in [4.69, 9.17) is 4.74 Å². The lowest BCUT2D eigenvalue weighted by molar-refractivity contribution is 0.337. The van der Waals surface area contributed by atoms with Gasteiger partial charge in [-0.15, -0.1) is 0 Å². The van der Waals surface area contributed by atoms with Gasteiger partial charge in [0, 0.05) is 13.0 Å². The van der Waals surface area contributed by atoms with Crippen molar-refractivity contribution in [2.75, 3.05) is 19.7 Å². The number of nitrogens with zero attached hydrogens (tertiary/aromatic N) is 2. The summed E-state index contributed by atoms with van der Waals surface area (Å²) in [4.78, 5) is 8.72. The molecule has 2 aromatic rings. The first-order valence-electron chi connectivity index (χ1n) is 8.08. The number of aromatic nitrogens is 2. The molecule has 1 aliphatic heterocycles. The molecule has 2 heterocycles. The summed E-state index contributed by atoms with van der Waals surface area (Å²) >= 11 is 0. The summed E-state index contributed by atoms with van der Waals surface area (Å²) < 4.78 is 5.36. The molecule has 0 aliphatic carbocycles. The second kappa shape index (κ2) is 7.36. The van der Waals surface area contributed by atoms with Crippen LogP contribution in [0, 0.1) is 0 Å². The van der Waals surface area contributed by atoms with Gasteiger partial charge in [-0.05, 0) is 43.4 Å². The van der Waals surface area contributed by atoms with Crippen LogP contribution in [0.15, 0.2) is 36.7 Å². The first-order valence-corrected chi connectivity index (χ1v) is 8.08. The van der Waals surface area contributed by atoms with Crippen LogP contribution < -0.4 is 10.1 Å². The Labute approximate surface area is 132 Å². The third kappa shape index (κ3) is 3.83. The average molecular weight is 297 g/mol. The van der Waals surface area contributed by atoms with E-state index in [1.165, 1.54) is 24.0 Å². The largest absolute Gasteiger partial charge is 0.491 e. The highest BCUT2D eigenvalue weighted by atomic mass is 16.5. The molecular formula is C18H23N3O. The number of nitrogens with one attached hydrogen (secondary N) is 1. The van der Waals surface area contributed by atoms with Crippen LogP contribution in [-0.4, -0.2) is 29.7 Å². The molecule has 3 rings (SSSR count). The van der Waals surface area contributed by atoms with E-state index in [1.54, 1.807) is 12.4 Å². The summed E-state index contributed by atoms with van der Waals surface area (Å²) in [6.07, 6.45) is 6.80. The molecule has 0 unspecified atom stereocenters. The molecule has 1 N–H and O–H groups in total. The predicted octanol–water partition coefficient (Wildman–Crippen LogP) is 2.93. The van der Waals surface area contributed by atoms with Crippen molar-refractivity contribution in [1.82, 2.24) is 15.3 Å². The topological polar surface area (TPSA) is 47.0 Å². The maximum Gasteiger partial charge on any atom is 0.155 e. The second-order valence-corrected chi connectivity index (χ2v) is 5.73. The standard InChI is InChI=1S/C18H23N3O/c1-2-22-17-12-20-18(21-13-17)10-14-5-7-15(8-6-14)16-4-3-9-19-11-16/h5-8,12-13,16,19H,2-4,9-11H2,1H3/t16-/m1/s1. The lowest BCUT2D eigenvalue weighted by atomic mass is 9.91. The van der Waals surface area contributed by atoms with Gasteiger partial charge in [0.2, 0.25) is 0 Å². The molecule has 1 aromatic carbocycles. The van der Waals surface area contributed by atoms with Gasteiger partial charge in [0.25, 0.3) is 0 Å². The average Bonchev–Trinajstić information content (AvgIpc) is 2.58. The van der Waals surface area contributed by atoms with Crippen molar-refractivity contribution in [3.63, 3.8) is 0 Å². The first kappa shape index (κ1) is 15.0. The van der Waals surface area contributed by atoms with Crippen LogP contribution in [0.2, 0.25) is 0 Å². The van der Waals surface area contributed by atoms with Gasteiger partial charge in [0.15, 0.2) is 5.75 Å². The van der Waals surface area contributed by atoms with Gasteiger partial charge < -0.3 is 10.1 Å². The van der Waals surface area contributed by atoms with Crippen LogP contribution in [0.3, 0.4) is 0 Å². The van der Waals surface area contributed by atoms with Crippen molar-refractivity contribution >= 4 is 0 Å². The summed E-state index contributed by atoms with van der Waals surface area (Å²) in [6, 6.07) is 8.90. The molecule has 0 bridgehead atoms. The van der Waals surface area contributed by atoms with E-state index < -0.39 is 0 Å². The maximum absolute atomic E-state index is 5.36. The van der Waals surface area contributed by atoms with Gasteiger partial charge in [-0.3, -0.25) is 0 Å². The lowest BCUT2D eigenvalue weighted by Crippen LogP contribution is -2.28. The van der Waals surface area contributed by atoms with Gasteiger partial charge in [-0.25, -0.2) is 9.97 Å². The smallest absolute Gasteiger partial charge is 0.155 e. The van der Waals surface area contributed by atoms with Crippen molar-refractivity contribution in [2.45, 2.75) is 32.1 Å². The molecule has 1 aliphatic rings. The van der Waals surface area contributed by atoms with E-state index in [1.807, 2.05) is 6.92 Å². The molecule has 1 aromatic heterocycles. The van der Waals surface area contributed by atoms with Crippen molar-refractivity contribution in [1.29, 1.82) is 0 Å². The van der Waals surface area contributed by atoms with Crippen LogP contribution in [0.1, 0.15) is 42.6 Å². The summed E-state index contributed by atoms with van der Waals surface area (Å²) in [5.41, 5.74) is 2.68. The highest BCUT2D eigenvalue weighted by Crippen LogP contribution is 2.23. The summed E-state index contributed by atoms with van der Waals surface area (Å²) in [5, 5.41) is 3.47. The fourth-order valence-corrected chi connectivity index (χ4v) is 2.90. The van der Waals surface area contributed by atoms with Crippen molar-refractivity contribution < 1.29 is 4.74 Å². The van der Waals surface area contributed by atoms with E-state index in [9.17, 15) is 0 Å². The third-order valence-corrected chi connectivity index (χ3v) is 4.10. The molecule has 4 heteroatoms. The monoisotopic (exact) mass is 297 g/mol. The van der Waals surface area contributed by atoms with E-state index in [2.05, 4.69) is 39.6 Å². The SMILES string of the molecule is CCOc1cnc(Cc2ccc([C@@H]3CCCNC3)cc2)nc1. The molecule has 0 spiro atoms. The molecule has 22 heavy (non-hydrogen) atoms. The summed E-state index contributed by atoms with van der Waals surface area (Å²) in [5.74, 6) is 2.21. The molecule has 0 saturated carbocycles. The molecule has 1 atom stereocenters. The zero-order valence-electron chi connectivity index (χ0n) is 13.1. The molecule has 0 radical (unpaired) electrons. The number of hydrogen-bond acceptors (Lipinski definition) is 4. The zero-order valence-corrected chi connectivity index (χ0v) is 13.1. The van der Waals surface area contributed by atoms with Crippen LogP contribution in [0.4, 0.5) is 0 Å².